The van der Waals surface area contributed by atoms with E-state index in [9.17, 15) is 9.59 Å². The summed E-state index contributed by atoms with van der Waals surface area (Å²) in [6.07, 6.45) is 1.62. The van der Waals surface area contributed by atoms with Crippen LogP contribution in [0.3, 0.4) is 0 Å². The lowest BCUT2D eigenvalue weighted by Crippen LogP contribution is -2.46. The van der Waals surface area contributed by atoms with Gasteiger partial charge in [0.2, 0.25) is 5.88 Å². The molecule has 0 atom stereocenters. The molecule has 0 unspecified atom stereocenters. The lowest BCUT2D eigenvalue weighted by Gasteiger charge is -2.11. The zero-order valence-corrected chi connectivity index (χ0v) is 12.8. The van der Waals surface area contributed by atoms with Gasteiger partial charge in [0.1, 0.15) is 0 Å². The van der Waals surface area contributed by atoms with Crippen LogP contribution in [-0.2, 0) is 6.54 Å². The summed E-state index contributed by atoms with van der Waals surface area (Å²) < 4.78 is 5.37. The van der Waals surface area contributed by atoms with Crippen molar-refractivity contribution >= 4 is 23.3 Å². The predicted molar refractivity (Wildman–Crippen MR) is 82.6 cm³/mol. The Morgan fingerprint density at radius 3 is 2.86 bits per heavy atom. The molecule has 116 valence electrons. The first-order chi connectivity index (χ1) is 10.7. The topological polar surface area (TPSA) is 92.3 Å². The largest absolute Gasteiger partial charge is 0.478 e. The number of carbonyl (C=O) groups is 2. The minimum Gasteiger partial charge on any atom is -0.478 e. The van der Waals surface area contributed by atoms with Crippen molar-refractivity contribution in [3.63, 3.8) is 0 Å². The van der Waals surface area contributed by atoms with E-state index in [2.05, 4.69) is 21.2 Å². The minimum absolute atomic E-state index is 0.240. The van der Waals surface area contributed by atoms with E-state index >= 15 is 0 Å². The van der Waals surface area contributed by atoms with Gasteiger partial charge in [0, 0.05) is 18.3 Å². The monoisotopic (exact) mass is 320 g/mol. The Kier molecular flexibility index (Phi) is 5.73. The summed E-state index contributed by atoms with van der Waals surface area (Å²) in [7, 11) is 0. The van der Waals surface area contributed by atoms with Crippen LogP contribution in [0.5, 0.6) is 5.88 Å². The van der Waals surface area contributed by atoms with E-state index in [0.29, 0.717) is 17.4 Å². The van der Waals surface area contributed by atoms with Crippen LogP contribution in [0, 0.1) is 0 Å². The molecule has 0 radical (unpaired) electrons. The Morgan fingerprint density at radius 1 is 1.27 bits per heavy atom. The van der Waals surface area contributed by atoms with Gasteiger partial charge in [-0.2, -0.15) is 0 Å². The SMILES string of the molecule is CCOc1ncccc1CNC(=O)NNC(=O)c1cccs1. The molecule has 0 fully saturated rings. The number of carbonyl (C=O) groups excluding carboxylic acids is 2. The van der Waals surface area contributed by atoms with Gasteiger partial charge in [-0.1, -0.05) is 12.1 Å². The maximum absolute atomic E-state index is 11.7. The Morgan fingerprint density at radius 2 is 2.14 bits per heavy atom. The van der Waals surface area contributed by atoms with E-state index in [-0.39, 0.29) is 12.5 Å². The summed E-state index contributed by atoms with van der Waals surface area (Å²) in [5.41, 5.74) is 5.37. The van der Waals surface area contributed by atoms with Crippen molar-refractivity contribution in [2.75, 3.05) is 6.61 Å². The van der Waals surface area contributed by atoms with Crippen LogP contribution >= 0.6 is 11.3 Å². The van der Waals surface area contributed by atoms with Crippen LogP contribution in [0.15, 0.2) is 35.8 Å². The van der Waals surface area contributed by atoms with Gasteiger partial charge in [-0.25, -0.2) is 15.2 Å². The standard InChI is InChI=1S/C14H16N4O3S/c1-2-21-13-10(5-3-7-15-13)9-16-14(20)18-17-12(19)11-6-4-8-22-11/h3-8H,2,9H2,1H3,(H,17,19)(H2,16,18,20). The lowest BCUT2D eigenvalue weighted by atomic mass is 10.3. The molecule has 22 heavy (non-hydrogen) atoms. The Balaban J connectivity index is 1.79. The molecule has 2 heterocycles. The van der Waals surface area contributed by atoms with E-state index in [0.717, 1.165) is 5.56 Å². The molecule has 2 aromatic rings. The third-order valence-electron chi connectivity index (χ3n) is 2.60. The zero-order chi connectivity index (χ0) is 15.8. The molecule has 0 saturated heterocycles. The van der Waals surface area contributed by atoms with Crippen LogP contribution in [0.4, 0.5) is 4.79 Å². The van der Waals surface area contributed by atoms with E-state index < -0.39 is 6.03 Å². The fourth-order valence-corrected chi connectivity index (χ4v) is 2.25. The number of ether oxygens (including phenoxy) is 1. The normalized spacial score (nSPS) is 9.86. The molecule has 2 rings (SSSR count). The van der Waals surface area contributed by atoms with Crippen molar-refractivity contribution < 1.29 is 14.3 Å². The highest BCUT2D eigenvalue weighted by Gasteiger charge is 2.09. The van der Waals surface area contributed by atoms with Gasteiger partial charge in [0.05, 0.1) is 11.5 Å². The van der Waals surface area contributed by atoms with Gasteiger partial charge < -0.3 is 10.1 Å². The molecule has 0 aliphatic carbocycles. The van der Waals surface area contributed by atoms with Gasteiger partial charge in [-0.15, -0.1) is 11.3 Å². The Hall–Kier alpha value is -2.61. The molecule has 2 aromatic heterocycles. The molecule has 0 aromatic carbocycles. The highest BCUT2D eigenvalue weighted by Crippen LogP contribution is 2.13. The van der Waals surface area contributed by atoms with Crippen molar-refractivity contribution in [1.82, 2.24) is 21.2 Å². The van der Waals surface area contributed by atoms with E-state index in [4.69, 9.17) is 4.74 Å². The summed E-state index contributed by atoms with van der Waals surface area (Å²) in [4.78, 5) is 27.9. The first kappa shape index (κ1) is 15.8. The highest BCUT2D eigenvalue weighted by atomic mass is 32.1. The molecule has 0 spiro atoms. The first-order valence-corrected chi connectivity index (χ1v) is 7.53. The van der Waals surface area contributed by atoms with Crippen LogP contribution in [0.2, 0.25) is 0 Å². The molecule has 0 aliphatic heterocycles. The molecule has 0 bridgehead atoms. The zero-order valence-electron chi connectivity index (χ0n) is 12.0. The second-order valence-electron chi connectivity index (χ2n) is 4.14. The third-order valence-corrected chi connectivity index (χ3v) is 3.47. The predicted octanol–water partition coefficient (Wildman–Crippen LogP) is 1.69. The molecule has 0 aliphatic rings. The molecule has 3 amide bonds. The Bertz CT molecular complexity index is 631. The maximum Gasteiger partial charge on any atom is 0.333 e. The summed E-state index contributed by atoms with van der Waals surface area (Å²) in [5, 5.41) is 4.40. The van der Waals surface area contributed by atoms with Crippen molar-refractivity contribution in [2.24, 2.45) is 0 Å². The number of aromatic nitrogens is 1. The number of hydrazine groups is 1. The number of hydrogen-bond acceptors (Lipinski definition) is 5. The average molecular weight is 320 g/mol. The number of rotatable bonds is 5. The highest BCUT2D eigenvalue weighted by molar-refractivity contribution is 7.12. The van der Waals surface area contributed by atoms with E-state index in [1.807, 2.05) is 13.0 Å². The maximum atomic E-state index is 11.7. The smallest absolute Gasteiger partial charge is 0.333 e. The fraction of sp³-hybridized carbons (Fsp3) is 0.214. The average Bonchev–Trinajstić information content (AvgIpc) is 3.06. The first-order valence-electron chi connectivity index (χ1n) is 6.65. The summed E-state index contributed by atoms with van der Waals surface area (Å²) in [5.74, 6) is 0.120. The second kappa shape index (κ2) is 7.99. The number of nitrogens with one attached hydrogen (secondary N) is 3. The fourth-order valence-electron chi connectivity index (χ4n) is 1.63. The van der Waals surface area contributed by atoms with Crippen molar-refractivity contribution in [1.29, 1.82) is 0 Å². The number of thiophene rings is 1. The van der Waals surface area contributed by atoms with Gasteiger partial charge >= 0.3 is 6.03 Å². The molecule has 8 heteroatoms. The van der Waals surface area contributed by atoms with Gasteiger partial charge in [-0.3, -0.25) is 10.2 Å². The molecule has 3 N–H and O–H groups in total. The van der Waals surface area contributed by atoms with Crippen LogP contribution in [-0.4, -0.2) is 23.5 Å². The summed E-state index contributed by atoms with van der Waals surface area (Å²) >= 11 is 1.29. The number of pyridine rings is 1. The Labute approximate surface area is 131 Å². The number of nitrogens with zero attached hydrogens (tertiary/aromatic N) is 1. The quantitative estimate of drug-likeness (QED) is 0.731. The van der Waals surface area contributed by atoms with Crippen molar-refractivity contribution in [3.05, 3.63) is 46.3 Å². The molecule has 7 nitrogen and oxygen atoms in total. The number of hydrogen-bond donors (Lipinski definition) is 3. The molecular weight excluding hydrogens is 304 g/mol. The van der Waals surface area contributed by atoms with E-state index in [1.54, 1.807) is 29.8 Å². The molecule has 0 saturated carbocycles. The molecular formula is C14H16N4O3S. The number of urea groups is 1. The second-order valence-corrected chi connectivity index (χ2v) is 5.09. The van der Waals surface area contributed by atoms with Crippen LogP contribution < -0.4 is 20.9 Å². The van der Waals surface area contributed by atoms with Crippen molar-refractivity contribution in [2.45, 2.75) is 13.5 Å². The van der Waals surface area contributed by atoms with Gasteiger partial charge in [0.15, 0.2) is 0 Å². The lowest BCUT2D eigenvalue weighted by molar-refractivity contribution is 0.0940. The summed E-state index contributed by atoms with van der Waals surface area (Å²) in [6, 6.07) is 6.48. The number of amides is 3. The van der Waals surface area contributed by atoms with Gasteiger partial charge in [-0.05, 0) is 24.4 Å². The van der Waals surface area contributed by atoms with Crippen molar-refractivity contribution in [3.8, 4) is 5.88 Å². The van der Waals surface area contributed by atoms with Crippen LogP contribution in [0.1, 0.15) is 22.2 Å². The van der Waals surface area contributed by atoms with Crippen LogP contribution in [0.25, 0.3) is 0 Å². The third kappa shape index (κ3) is 4.45. The van der Waals surface area contributed by atoms with Gasteiger partial charge in [0.25, 0.3) is 5.91 Å². The van der Waals surface area contributed by atoms with E-state index in [1.165, 1.54) is 11.3 Å². The summed E-state index contributed by atoms with van der Waals surface area (Å²) in [6.45, 7) is 2.59. The minimum atomic E-state index is -0.517.